The van der Waals surface area contributed by atoms with E-state index in [1.807, 2.05) is 18.4 Å². The van der Waals surface area contributed by atoms with Gasteiger partial charge in [-0.25, -0.2) is 4.39 Å². The molecule has 29 heavy (non-hydrogen) atoms. The second-order valence-electron chi connectivity index (χ2n) is 7.33. The van der Waals surface area contributed by atoms with Crippen LogP contribution in [0.3, 0.4) is 0 Å². The molecular weight excluding hydrogens is 373 g/mol. The molecule has 152 valence electrons. The highest BCUT2D eigenvalue weighted by Gasteiger charge is 2.26. The van der Waals surface area contributed by atoms with Crippen molar-refractivity contribution in [1.29, 1.82) is 5.26 Å². The number of nitriles is 1. The third-order valence-corrected chi connectivity index (χ3v) is 5.47. The molecule has 0 aliphatic heterocycles. The molecule has 1 aliphatic rings. The van der Waals surface area contributed by atoms with Crippen LogP contribution in [0.1, 0.15) is 54.1 Å². The van der Waals surface area contributed by atoms with Crippen LogP contribution in [0.5, 0.6) is 0 Å². The number of ether oxygens (including phenoxy) is 1. The van der Waals surface area contributed by atoms with Crippen LogP contribution in [-0.2, 0) is 20.7 Å². The van der Waals surface area contributed by atoms with Crippen molar-refractivity contribution in [1.82, 2.24) is 4.57 Å². The molecule has 3 rings (SSSR count). The average Bonchev–Trinajstić information content (AvgIpc) is 3.29. The number of hydrogen-bond donors (Lipinski definition) is 1. The van der Waals surface area contributed by atoms with E-state index in [-0.39, 0.29) is 18.0 Å². The monoisotopic (exact) mass is 397 g/mol. The molecule has 0 unspecified atom stereocenters. The molecule has 0 spiro atoms. The van der Waals surface area contributed by atoms with E-state index in [0.29, 0.717) is 11.4 Å². The number of halogens is 1. The summed E-state index contributed by atoms with van der Waals surface area (Å²) >= 11 is 0. The zero-order valence-corrected chi connectivity index (χ0v) is 16.6. The molecule has 6 nitrogen and oxygen atoms in total. The number of nitrogens with zero attached hydrogens (tertiary/aromatic N) is 2. The first kappa shape index (κ1) is 20.6. The van der Waals surface area contributed by atoms with Crippen LogP contribution < -0.4 is 5.32 Å². The summed E-state index contributed by atoms with van der Waals surface area (Å²) in [5.41, 5.74) is 2.44. The molecule has 0 saturated heterocycles. The van der Waals surface area contributed by atoms with Crippen LogP contribution in [0.15, 0.2) is 24.3 Å². The van der Waals surface area contributed by atoms with Crippen LogP contribution in [0, 0.1) is 31.0 Å². The number of anilines is 1. The third kappa shape index (κ3) is 4.48. The molecule has 1 aromatic heterocycles. The van der Waals surface area contributed by atoms with E-state index in [0.717, 1.165) is 36.9 Å². The number of amides is 1. The molecular formula is C22H24FN3O3. The van der Waals surface area contributed by atoms with Gasteiger partial charge in [-0.05, 0) is 43.9 Å². The third-order valence-electron chi connectivity index (χ3n) is 5.47. The fourth-order valence-electron chi connectivity index (χ4n) is 3.87. The maximum Gasteiger partial charge on any atom is 0.310 e. The minimum atomic E-state index is -0.690. The van der Waals surface area contributed by atoms with Crippen LogP contribution >= 0.6 is 0 Å². The van der Waals surface area contributed by atoms with Gasteiger partial charge in [0.2, 0.25) is 0 Å². The normalized spacial score (nSPS) is 13.9. The van der Waals surface area contributed by atoms with E-state index in [9.17, 15) is 19.2 Å². The first-order valence-electron chi connectivity index (χ1n) is 9.72. The lowest BCUT2D eigenvalue weighted by Crippen LogP contribution is -2.24. The van der Waals surface area contributed by atoms with Gasteiger partial charge < -0.3 is 14.6 Å². The summed E-state index contributed by atoms with van der Waals surface area (Å²) in [6.07, 6.45) is 3.98. The summed E-state index contributed by atoms with van der Waals surface area (Å²) in [6.45, 7) is 3.31. The Balaban J connectivity index is 1.67. The molecule has 1 heterocycles. The maximum absolute atomic E-state index is 13.6. The van der Waals surface area contributed by atoms with Gasteiger partial charge >= 0.3 is 5.97 Å². The number of rotatable bonds is 6. The number of aromatic nitrogens is 1. The summed E-state index contributed by atoms with van der Waals surface area (Å²) in [4.78, 5) is 24.4. The van der Waals surface area contributed by atoms with E-state index < -0.39 is 24.3 Å². The highest BCUT2D eigenvalue weighted by Crippen LogP contribution is 2.37. The second kappa shape index (κ2) is 8.91. The van der Waals surface area contributed by atoms with Gasteiger partial charge in [-0.1, -0.05) is 31.0 Å². The molecule has 1 aromatic carbocycles. The van der Waals surface area contributed by atoms with Gasteiger partial charge in [0.1, 0.15) is 17.7 Å². The lowest BCUT2D eigenvalue weighted by atomic mass is 10.1. The quantitative estimate of drug-likeness (QED) is 0.748. The van der Waals surface area contributed by atoms with E-state index in [4.69, 9.17) is 4.74 Å². The Morgan fingerprint density at radius 1 is 1.28 bits per heavy atom. The number of carbonyl (C=O) groups excluding carboxylic acids is 2. The predicted molar refractivity (Wildman–Crippen MR) is 106 cm³/mol. The van der Waals surface area contributed by atoms with Crippen molar-refractivity contribution < 1.29 is 18.7 Å². The van der Waals surface area contributed by atoms with Crippen molar-refractivity contribution in [3.63, 3.8) is 0 Å². The smallest absolute Gasteiger partial charge is 0.310 e. The second-order valence-corrected chi connectivity index (χ2v) is 7.33. The van der Waals surface area contributed by atoms with E-state index >= 15 is 0 Å². The van der Waals surface area contributed by atoms with Crippen molar-refractivity contribution in [2.24, 2.45) is 0 Å². The molecule has 1 amide bonds. The maximum atomic E-state index is 13.6. The fourth-order valence-corrected chi connectivity index (χ4v) is 3.87. The lowest BCUT2D eigenvalue weighted by molar-refractivity contribution is -0.146. The van der Waals surface area contributed by atoms with Crippen molar-refractivity contribution in [3.05, 3.63) is 52.5 Å². The Kier molecular flexibility index (Phi) is 6.32. The summed E-state index contributed by atoms with van der Waals surface area (Å²) in [5, 5.41) is 12.3. The summed E-state index contributed by atoms with van der Waals surface area (Å²) in [6, 6.07) is 8.34. The Morgan fingerprint density at radius 3 is 2.62 bits per heavy atom. The summed E-state index contributed by atoms with van der Waals surface area (Å²) in [5.74, 6) is -1.25. The van der Waals surface area contributed by atoms with E-state index in [2.05, 4.69) is 11.4 Å². The molecule has 1 N–H and O–H groups in total. The van der Waals surface area contributed by atoms with Gasteiger partial charge in [0.05, 0.1) is 12.0 Å². The molecule has 1 fully saturated rings. The molecule has 0 radical (unpaired) electrons. The van der Waals surface area contributed by atoms with Crippen molar-refractivity contribution in [2.75, 3.05) is 11.9 Å². The molecule has 1 aliphatic carbocycles. The number of esters is 1. The number of nitrogens with one attached hydrogen (secondary N) is 1. The number of carbonyl (C=O) groups is 2. The summed E-state index contributed by atoms with van der Waals surface area (Å²) in [7, 11) is 0. The van der Waals surface area contributed by atoms with Gasteiger partial charge in [-0.3, -0.25) is 9.59 Å². The Morgan fingerprint density at radius 2 is 1.97 bits per heavy atom. The van der Waals surface area contributed by atoms with Crippen molar-refractivity contribution in [2.45, 2.75) is 52.0 Å². The van der Waals surface area contributed by atoms with Gasteiger partial charge in [0, 0.05) is 11.7 Å². The lowest BCUT2D eigenvalue weighted by Gasteiger charge is -2.19. The summed E-state index contributed by atoms with van der Waals surface area (Å²) < 4.78 is 20.7. The zero-order valence-electron chi connectivity index (χ0n) is 16.6. The van der Waals surface area contributed by atoms with Gasteiger partial charge in [0.25, 0.3) is 5.91 Å². The zero-order chi connectivity index (χ0) is 21.0. The molecule has 7 heteroatoms. The molecule has 0 atom stereocenters. The van der Waals surface area contributed by atoms with Gasteiger partial charge in [-0.2, -0.15) is 5.26 Å². The van der Waals surface area contributed by atoms with E-state index in [1.54, 1.807) is 6.07 Å². The first-order chi connectivity index (χ1) is 13.9. The Hall–Kier alpha value is -3.14. The minimum absolute atomic E-state index is 0.214. The van der Waals surface area contributed by atoms with Crippen LogP contribution in [0.25, 0.3) is 0 Å². The fraction of sp³-hybridized carbons (Fsp3) is 0.409. The highest BCUT2D eigenvalue weighted by molar-refractivity contribution is 5.94. The highest BCUT2D eigenvalue weighted by atomic mass is 19.1. The number of hydrogen-bond acceptors (Lipinski definition) is 4. The van der Waals surface area contributed by atoms with Crippen LogP contribution in [0.4, 0.5) is 10.2 Å². The standard InChI is InChI=1S/C22H24FN3O3/c1-14-15(2)26(17-8-4-5-9-17)22(18(14)12-24)25-20(27)13-29-21(28)11-16-7-3-6-10-19(16)23/h3,6-7,10,17H,4-5,8-9,11,13H2,1-2H3,(H,25,27). The van der Waals surface area contributed by atoms with E-state index in [1.165, 1.54) is 18.2 Å². The number of benzene rings is 1. The topological polar surface area (TPSA) is 84.1 Å². The Labute approximate surface area is 169 Å². The predicted octanol–water partition coefficient (Wildman–Crippen LogP) is 3.96. The van der Waals surface area contributed by atoms with Gasteiger partial charge in [0.15, 0.2) is 6.61 Å². The SMILES string of the molecule is Cc1c(C#N)c(NC(=O)COC(=O)Cc2ccccc2F)n(C2CCCC2)c1C. The van der Waals surface area contributed by atoms with Crippen LogP contribution in [-0.4, -0.2) is 23.1 Å². The van der Waals surface area contributed by atoms with Crippen LogP contribution in [0.2, 0.25) is 0 Å². The van der Waals surface area contributed by atoms with Crippen molar-refractivity contribution >= 4 is 17.7 Å². The average molecular weight is 397 g/mol. The molecule has 1 saturated carbocycles. The van der Waals surface area contributed by atoms with Gasteiger partial charge in [-0.15, -0.1) is 0 Å². The molecule has 0 bridgehead atoms. The van der Waals surface area contributed by atoms with Crippen molar-refractivity contribution in [3.8, 4) is 6.07 Å². The Bertz CT molecular complexity index is 968. The first-order valence-corrected chi connectivity index (χ1v) is 9.72. The minimum Gasteiger partial charge on any atom is -0.455 e. The molecule has 2 aromatic rings. The largest absolute Gasteiger partial charge is 0.455 e.